The normalized spacial score (nSPS) is 10.8. The van der Waals surface area contributed by atoms with Crippen molar-refractivity contribution in [3.63, 3.8) is 0 Å². The number of nitrogen functional groups attached to an aromatic ring is 1. The number of aromatic nitrogens is 1. The maximum atomic E-state index is 12.3. The van der Waals surface area contributed by atoms with E-state index < -0.39 is 12.1 Å². The largest absolute Gasteiger partial charge is 0.397 e. The molecule has 0 amide bonds. The van der Waals surface area contributed by atoms with Gasteiger partial charge in [0.15, 0.2) is 0 Å². The second-order valence-electron chi connectivity index (χ2n) is 2.34. The molecule has 0 spiro atoms. The van der Waals surface area contributed by atoms with Crippen molar-refractivity contribution >= 4 is 28.9 Å². The first kappa shape index (κ1) is 10.5. The molecule has 0 aromatic carbocycles. The zero-order valence-electron chi connectivity index (χ0n) is 6.40. The number of hydrogen-bond donors (Lipinski definition) is 1. The molecule has 2 N–H and O–H groups in total. The number of nitrogens with two attached hydrogens (primary N) is 1. The Labute approximate surface area is 83.7 Å². The number of alkyl halides is 3. The number of hydrogen-bond acceptors (Lipinski definition) is 2. The molecule has 6 heteroatoms. The quantitative estimate of drug-likeness (QED) is 0.622. The molecule has 72 valence electrons. The Morgan fingerprint density at radius 3 is 2.62 bits per heavy atom. The van der Waals surface area contributed by atoms with E-state index in [1.165, 1.54) is 6.07 Å². The van der Waals surface area contributed by atoms with E-state index >= 15 is 0 Å². The monoisotopic (exact) mass is 226 g/mol. The van der Waals surface area contributed by atoms with Crippen molar-refractivity contribution in [1.29, 1.82) is 0 Å². The predicted octanol–water partition coefficient (Wildman–Crippen LogP) is 2.99. The van der Waals surface area contributed by atoms with Gasteiger partial charge in [-0.25, -0.2) is 13.8 Å². The summed E-state index contributed by atoms with van der Waals surface area (Å²) in [5.41, 5.74) is 5.15. The topological polar surface area (TPSA) is 38.9 Å². The van der Waals surface area contributed by atoms with Crippen LogP contribution in [0.2, 0.25) is 5.15 Å². The molecule has 13 heavy (non-hydrogen) atoms. The van der Waals surface area contributed by atoms with Crippen LogP contribution in [0.1, 0.15) is 17.7 Å². The molecule has 0 aliphatic heterocycles. The van der Waals surface area contributed by atoms with E-state index in [1.807, 2.05) is 0 Å². The number of rotatable bonds is 2. The summed E-state index contributed by atoms with van der Waals surface area (Å²) in [4.78, 5) is 3.41. The number of pyridine rings is 1. The third-order valence-corrected chi connectivity index (χ3v) is 1.97. The van der Waals surface area contributed by atoms with Crippen LogP contribution >= 0.6 is 23.2 Å². The summed E-state index contributed by atoms with van der Waals surface area (Å²) in [7, 11) is 0. The molecule has 1 heterocycles. The lowest BCUT2D eigenvalue weighted by atomic mass is 10.2. The van der Waals surface area contributed by atoms with Gasteiger partial charge in [0.25, 0.3) is 6.43 Å². The van der Waals surface area contributed by atoms with Gasteiger partial charge in [-0.15, -0.1) is 11.6 Å². The van der Waals surface area contributed by atoms with E-state index in [2.05, 4.69) is 4.98 Å². The van der Waals surface area contributed by atoms with Crippen LogP contribution in [0, 0.1) is 0 Å². The highest BCUT2D eigenvalue weighted by Crippen LogP contribution is 2.28. The van der Waals surface area contributed by atoms with E-state index in [0.29, 0.717) is 5.56 Å². The summed E-state index contributed by atoms with van der Waals surface area (Å²) in [5, 5.41) is -0.0276. The van der Waals surface area contributed by atoms with Gasteiger partial charge < -0.3 is 5.73 Å². The first-order chi connectivity index (χ1) is 6.06. The number of anilines is 1. The lowest BCUT2D eigenvalue weighted by molar-refractivity contribution is 0.147. The van der Waals surface area contributed by atoms with Crippen LogP contribution in [0.25, 0.3) is 0 Å². The van der Waals surface area contributed by atoms with Crippen LogP contribution in [0.15, 0.2) is 6.07 Å². The summed E-state index contributed by atoms with van der Waals surface area (Å²) in [5.74, 6) is 0.0355. The summed E-state index contributed by atoms with van der Waals surface area (Å²) < 4.78 is 24.6. The summed E-state index contributed by atoms with van der Waals surface area (Å²) >= 11 is 11.0. The summed E-state index contributed by atoms with van der Waals surface area (Å²) in [6.07, 6.45) is -2.74. The maximum absolute atomic E-state index is 12.3. The molecule has 0 aliphatic carbocycles. The minimum atomic E-state index is -2.74. The van der Waals surface area contributed by atoms with E-state index in [-0.39, 0.29) is 16.7 Å². The van der Waals surface area contributed by atoms with Crippen LogP contribution in [0.4, 0.5) is 14.5 Å². The van der Waals surface area contributed by atoms with Crippen molar-refractivity contribution in [2.75, 3.05) is 5.73 Å². The highest BCUT2D eigenvalue weighted by atomic mass is 35.5. The molecule has 0 atom stereocenters. The molecule has 0 aliphatic rings. The molecule has 0 saturated carbocycles. The number of nitrogens with zero attached hydrogens (tertiary/aromatic N) is 1. The lowest BCUT2D eigenvalue weighted by Crippen LogP contribution is -2.02. The fourth-order valence-electron chi connectivity index (χ4n) is 0.870. The smallest absolute Gasteiger partial charge is 0.282 e. The average Bonchev–Trinajstić information content (AvgIpc) is 2.08. The Hall–Kier alpha value is -0.610. The van der Waals surface area contributed by atoms with Crippen molar-refractivity contribution in [3.05, 3.63) is 22.5 Å². The molecule has 1 aromatic heterocycles. The standard InChI is InChI=1S/C7H6Cl2F2N2/c8-2-3-1-4(9)13-6(5(3)12)7(10)11/h1,7H,2,12H2. The summed E-state index contributed by atoms with van der Waals surface area (Å²) in [6.45, 7) is 0. The van der Waals surface area contributed by atoms with Crippen molar-refractivity contribution in [1.82, 2.24) is 4.98 Å². The Morgan fingerprint density at radius 1 is 1.54 bits per heavy atom. The molecule has 0 fully saturated rings. The van der Waals surface area contributed by atoms with Crippen molar-refractivity contribution in [3.8, 4) is 0 Å². The summed E-state index contributed by atoms with van der Waals surface area (Å²) in [6, 6.07) is 1.37. The van der Waals surface area contributed by atoms with Crippen molar-refractivity contribution < 1.29 is 8.78 Å². The van der Waals surface area contributed by atoms with Gasteiger partial charge in [0.2, 0.25) is 0 Å². The average molecular weight is 227 g/mol. The molecule has 0 bridgehead atoms. The van der Waals surface area contributed by atoms with Crippen molar-refractivity contribution in [2.24, 2.45) is 0 Å². The van der Waals surface area contributed by atoms with Gasteiger partial charge in [0.1, 0.15) is 10.8 Å². The molecule has 0 saturated heterocycles. The van der Waals surface area contributed by atoms with Gasteiger partial charge in [-0.2, -0.15) is 0 Å². The third kappa shape index (κ3) is 2.19. The third-order valence-electron chi connectivity index (χ3n) is 1.49. The Morgan fingerprint density at radius 2 is 2.15 bits per heavy atom. The lowest BCUT2D eigenvalue weighted by Gasteiger charge is -2.07. The Balaban J connectivity index is 3.27. The second-order valence-corrected chi connectivity index (χ2v) is 2.99. The van der Waals surface area contributed by atoms with E-state index in [4.69, 9.17) is 28.9 Å². The van der Waals surface area contributed by atoms with E-state index in [9.17, 15) is 8.78 Å². The molecule has 0 unspecified atom stereocenters. The molecule has 1 rings (SSSR count). The molecular weight excluding hydrogens is 221 g/mol. The Kier molecular flexibility index (Phi) is 3.27. The van der Waals surface area contributed by atoms with E-state index in [0.717, 1.165) is 0 Å². The fourth-order valence-corrected chi connectivity index (χ4v) is 1.31. The zero-order chi connectivity index (χ0) is 10.0. The van der Waals surface area contributed by atoms with E-state index in [1.54, 1.807) is 0 Å². The van der Waals surface area contributed by atoms with Gasteiger partial charge in [0.05, 0.1) is 5.69 Å². The van der Waals surface area contributed by atoms with Crippen LogP contribution in [0.5, 0.6) is 0 Å². The van der Waals surface area contributed by atoms with Crippen molar-refractivity contribution in [2.45, 2.75) is 12.3 Å². The van der Waals surface area contributed by atoms with Gasteiger partial charge in [-0.3, -0.25) is 0 Å². The van der Waals surface area contributed by atoms with Gasteiger partial charge in [-0.05, 0) is 11.6 Å². The Bertz CT molecular complexity index is 318. The minimum absolute atomic E-state index is 0.0276. The first-order valence-electron chi connectivity index (χ1n) is 3.35. The molecular formula is C7H6Cl2F2N2. The molecule has 2 nitrogen and oxygen atoms in total. The van der Waals surface area contributed by atoms with Gasteiger partial charge in [0, 0.05) is 5.88 Å². The second kappa shape index (κ2) is 4.07. The van der Waals surface area contributed by atoms with Crippen LogP contribution in [-0.4, -0.2) is 4.98 Å². The SMILES string of the molecule is Nc1c(CCl)cc(Cl)nc1C(F)F. The van der Waals surface area contributed by atoms with Crippen LogP contribution in [-0.2, 0) is 5.88 Å². The van der Waals surface area contributed by atoms with Gasteiger partial charge >= 0.3 is 0 Å². The first-order valence-corrected chi connectivity index (χ1v) is 4.26. The maximum Gasteiger partial charge on any atom is 0.282 e. The molecule has 0 radical (unpaired) electrons. The molecule has 1 aromatic rings. The highest BCUT2D eigenvalue weighted by Gasteiger charge is 2.16. The predicted molar refractivity (Wildman–Crippen MR) is 48.2 cm³/mol. The number of halogens is 4. The van der Waals surface area contributed by atoms with Gasteiger partial charge in [-0.1, -0.05) is 11.6 Å². The minimum Gasteiger partial charge on any atom is -0.397 e. The van der Waals surface area contributed by atoms with Crippen LogP contribution < -0.4 is 5.73 Å². The highest BCUT2D eigenvalue weighted by molar-refractivity contribution is 6.29. The zero-order valence-corrected chi connectivity index (χ0v) is 7.91. The van der Waals surface area contributed by atoms with Crippen LogP contribution in [0.3, 0.4) is 0 Å². The fraction of sp³-hybridized carbons (Fsp3) is 0.286.